The van der Waals surface area contributed by atoms with Gasteiger partial charge in [-0.1, -0.05) is 18.2 Å². The second kappa shape index (κ2) is 10.5. The van der Waals surface area contributed by atoms with Gasteiger partial charge in [-0.2, -0.15) is 0 Å². The Bertz CT molecular complexity index is 1520. The summed E-state index contributed by atoms with van der Waals surface area (Å²) >= 11 is 1.53. The highest BCUT2D eigenvalue weighted by molar-refractivity contribution is 7.99. The van der Waals surface area contributed by atoms with Crippen molar-refractivity contribution in [3.8, 4) is 5.75 Å². The first-order valence-electron chi connectivity index (χ1n) is 13.5. The van der Waals surface area contributed by atoms with Crippen LogP contribution in [-0.4, -0.2) is 93.8 Å². The minimum Gasteiger partial charge on any atom is -0.510 e. The van der Waals surface area contributed by atoms with Crippen LogP contribution in [-0.2, 0) is 4.79 Å². The zero-order valence-electron chi connectivity index (χ0n) is 23.8. The average molecular weight is 597 g/mol. The van der Waals surface area contributed by atoms with Crippen molar-refractivity contribution in [1.29, 1.82) is 0 Å². The van der Waals surface area contributed by atoms with Crippen LogP contribution in [0.4, 0.5) is 11.4 Å². The molecule has 224 valence electrons. The molecule has 3 aliphatic rings. The van der Waals surface area contributed by atoms with Crippen molar-refractivity contribution in [3.05, 3.63) is 70.2 Å². The van der Waals surface area contributed by atoms with E-state index in [1.54, 1.807) is 44.1 Å². The molecule has 2 aromatic carbocycles. The Kier molecular flexibility index (Phi) is 7.46. The predicted molar refractivity (Wildman–Crippen MR) is 160 cm³/mol. The molecular formula is C30H36N4O7S. The first-order chi connectivity index (χ1) is 19.7. The predicted octanol–water partition coefficient (Wildman–Crippen LogP) is 1.89. The Morgan fingerprint density at radius 3 is 2.33 bits per heavy atom. The van der Waals surface area contributed by atoms with E-state index < -0.39 is 70.0 Å². The van der Waals surface area contributed by atoms with Gasteiger partial charge in [-0.25, -0.2) is 0 Å². The lowest BCUT2D eigenvalue weighted by Gasteiger charge is -2.54. The number of aliphatic hydroxyl groups excluding tert-OH is 3. The smallest absolute Gasteiger partial charge is 0.250 e. The number of amides is 1. The standard InChI is InChI=1S/C30H36N4O7S/c1-33(2)18-11-17(31)24(35)21-19(18)15(12-42-13-8-6-5-7-9-13)14-10-16-23(34(3)4)26(37)22(29(32)40)28(39)30(16,41)27(38)20(14)25(21)36/h5-9,11,14-16,23,28,35,37-39,41H,10,12,31H2,1-4H3,(H2,32,40)/t14-,15-,16+,23+,28?,30+/m1/s1. The zero-order valence-corrected chi connectivity index (χ0v) is 24.6. The normalized spacial score (nSPS) is 28.8. The van der Waals surface area contributed by atoms with Gasteiger partial charge in [0, 0.05) is 47.8 Å². The van der Waals surface area contributed by atoms with Crippen molar-refractivity contribution in [2.45, 2.75) is 35.0 Å². The lowest BCUT2D eigenvalue weighted by atomic mass is 9.56. The lowest BCUT2D eigenvalue weighted by molar-refractivity contribution is -0.144. The SMILES string of the molecule is CN(C)c1cc(N)c(O)c2c1[C@H](CSc1ccccc1)[C@H]1C[C@H]3[C@H](N(C)C)C(O)=C(C(N)=O)C(O)[C@@]3(O)C(O)=C1C2=O. The first-order valence-corrected chi connectivity index (χ1v) is 14.5. The van der Waals surface area contributed by atoms with Crippen LogP contribution in [0.15, 0.2) is 64.0 Å². The maximum Gasteiger partial charge on any atom is 0.250 e. The van der Waals surface area contributed by atoms with Crippen LogP contribution in [0.1, 0.15) is 28.3 Å². The molecule has 0 aliphatic heterocycles. The fourth-order valence-electron chi connectivity index (χ4n) is 6.96. The van der Waals surface area contributed by atoms with E-state index in [9.17, 15) is 35.1 Å². The van der Waals surface area contributed by atoms with Gasteiger partial charge in [-0.05, 0) is 50.2 Å². The van der Waals surface area contributed by atoms with E-state index in [4.69, 9.17) is 11.5 Å². The summed E-state index contributed by atoms with van der Waals surface area (Å²) in [5, 5.41) is 57.4. The van der Waals surface area contributed by atoms with E-state index in [1.165, 1.54) is 11.8 Å². The Balaban J connectivity index is 1.78. The third-order valence-electron chi connectivity index (χ3n) is 8.86. The summed E-state index contributed by atoms with van der Waals surface area (Å²) < 4.78 is 0. The number of hydrogen-bond acceptors (Lipinski definition) is 11. The number of aliphatic hydroxyl groups is 4. The van der Waals surface area contributed by atoms with E-state index >= 15 is 0 Å². The summed E-state index contributed by atoms with van der Waals surface area (Å²) in [5.41, 5.74) is 9.36. The van der Waals surface area contributed by atoms with Gasteiger partial charge in [-0.15, -0.1) is 11.8 Å². The molecule has 12 heteroatoms. The van der Waals surface area contributed by atoms with Crippen LogP contribution in [0.5, 0.6) is 5.75 Å². The maximum absolute atomic E-state index is 14.2. The number of ketones is 1. The van der Waals surface area contributed by atoms with Gasteiger partial charge in [0.1, 0.15) is 23.4 Å². The number of phenolic OH excluding ortho intramolecular Hbond substituents is 1. The molecule has 0 fully saturated rings. The number of thioether (sulfide) groups is 1. The number of carbonyl (C=O) groups excluding carboxylic acids is 2. The molecule has 0 saturated heterocycles. The number of anilines is 2. The van der Waals surface area contributed by atoms with Crippen molar-refractivity contribution in [1.82, 2.24) is 4.90 Å². The van der Waals surface area contributed by atoms with E-state index in [0.29, 0.717) is 17.0 Å². The second-order valence-corrected chi connectivity index (χ2v) is 12.7. The highest BCUT2D eigenvalue weighted by Crippen LogP contribution is 2.58. The number of benzene rings is 2. The molecule has 0 aromatic heterocycles. The summed E-state index contributed by atoms with van der Waals surface area (Å²) in [6.07, 6.45) is -2.06. The second-order valence-electron chi connectivity index (χ2n) is 11.6. The molecule has 0 saturated carbocycles. The molecule has 0 radical (unpaired) electrons. The molecule has 1 amide bonds. The Hall–Kier alpha value is -3.71. The number of allylic oxidation sites excluding steroid dienone is 1. The molecule has 42 heavy (non-hydrogen) atoms. The van der Waals surface area contributed by atoms with E-state index in [0.717, 1.165) is 4.90 Å². The minimum absolute atomic E-state index is 0.0274. The first kappa shape index (κ1) is 29.8. The van der Waals surface area contributed by atoms with Crippen LogP contribution in [0.2, 0.25) is 0 Å². The van der Waals surface area contributed by atoms with Gasteiger partial charge in [0.2, 0.25) is 0 Å². The number of hydrogen-bond donors (Lipinski definition) is 7. The van der Waals surface area contributed by atoms with Gasteiger partial charge in [0.05, 0.1) is 22.9 Å². The summed E-state index contributed by atoms with van der Waals surface area (Å²) in [5.74, 6) is -5.43. The molecule has 6 atom stereocenters. The number of nitrogens with two attached hydrogens (primary N) is 2. The summed E-state index contributed by atoms with van der Waals surface area (Å²) in [4.78, 5) is 30.9. The van der Waals surface area contributed by atoms with E-state index in [1.807, 2.05) is 30.3 Å². The molecule has 3 aliphatic carbocycles. The number of fused-ring (bicyclic) bond motifs is 3. The molecule has 5 rings (SSSR count). The van der Waals surface area contributed by atoms with E-state index in [2.05, 4.69) is 0 Å². The fraction of sp³-hybridized carbons (Fsp3) is 0.400. The fourth-order valence-corrected chi connectivity index (χ4v) is 8.08. The van der Waals surface area contributed by atoms with Crippen molar-refractivity contribution in [2.75, 3.05) is 44.6 Å². The molecule has 0 heterocycles. The average Bonchev–Trinajstić information content (AvgIpc) is 2.92. The maximum atomic E-state index is 14.2. The van der Waals surface area contributed by atoms with Crippen molar-refractivity contribution in [3.63, 3.8) is 0 Å². The van der Waals surface area contributed by atoms with Crippen LogP contribution < -0.4 is 16.4 Å². The van der Waals surface area contributed by atoms with E-state index in [-0.39, 0.29) is 23.2 Å². The monoisotopic (exact) mass is 596 g/mol. The Morgan fingerprint density at radius 1 is 1.12 bits per heavy atom. The number of primary amides is 1. The van der Waals surface area contributed by atoms with Gasteiger partial charge in [-0.3, -0.25) is 14.5 Å². The lowest BCUT2D eigenvalue weighted by Crippen LogP contribution is -2.65. The Morgan fingerprint density at radius 2 is 1.76 bits per heavy atom. The van der Waals surface area contributed by atoms with Gasteiger partial charge >= 0.3 is 0 Å². The molecule has 0 bridgehead atoms. The number of nitrogens with zero attached hydrogens (tertiary/aromatic N) is 2. The zero-order chi connectivity index (χ0) is 30.8. The highest BCUT2D eigenvalue weighted by Gasteiger charge is 2.64. The van der Waals surface area contributed by atoms with Crippen molar-refractivity contribution >= 4 is 34.8 Å². The Labute approximate surface area is 247 Å². The molecule has 11 nitrogen and oxygen atoms in total. The van der Waals surface area contributed by atoms with Crippen LogP contribution in [0.25, 0.3) is 0 Å². The third-order valence-corrected chi connectivity index (χ3v) is 9.99. The molecule has 1 unspecified atom stereocenters. The number of phenols is 1. The number of nitrogen functional groups attached to an aromatic ring is 1. The van der Waals surface area contributed by atoms with Crippen LogP contribution in [0, 0.1) is 11.8 Å². The van der Waals surface area contributed by atoms with Crippen molar-refractivity contribution < 1.29 is 35.1 Å². The number of aromatic hydroxyl groups is 1. The van der Waals surface area contributed by atoms with Crippen LogP contribution in [0.3, 0.4) is 0 Å². The number of rotatable bonds is 6. The van der Waals surface area contributed by atoms with Crippen LogP contribution >= 0.6 is 11.8 Å². The van der Waals surface area contributed by atoms with Gasteiger partial charge in [0.15, 0.2) is 11.4 Å². The highest BCUT2D eigenvalue weighted by atomic mass is 32.2. The topological polar surface area (TPSA) is 194 Å². The van der Waals surface area contributed by atoms with Gasteiger partial charge < -0.3 is 41.9 Å². The molecular weight excluding hydrogens is 560 g/mol. The number of carbonyl (C=O) groups is 2. The quantitative estimate of drug-likeness (QED) is 0.146. The molecule has 9 N–H and O–H groups in total. The molecule has 0 spiro atoms. The third kappa shape index (κ3) is 4.24. The number of Topliss-reactive ketones (excluding diaryl/α,β-unsaturated/α-hetero) is 1. The summed E-state index contributed by atoms with van der Waals surface area (Å²) in [7, 11) is 6.86. The van der Waals surface area contributed by atoms with Gasteiger partial charge in [0.25, 0.3) is 5.91 Å². The largest absolute Gasteiger partial charge is 0.510 e. The molecule has 2 aromatic rings. The number of likely N-dealkylation sites (N-methyl/N-ethyl adjacent to an activating group) is 1. The van der Waals surface area contributed by atoms with Crippen molar-refractivity contribution in [2.24, 2.45) is 17.6 Å². The minimum atomic E-state index is -2.53. The summed E-state index contributed by atoms with van der Waals surface area (Å²) in [6.45, 7) is 0. The summed E-state index contributed by atoms with van der Waals surface area (Å²) in [6, 6.07) is 10.2.